The molecule has 0 saturated heterocycles. The quantitative estimate of drug-likeness (QED) is 0.609. The number of benzene rings is 2. The van der Waals surface area contributed by atoms with Crippen molar-refractivity contribution in [2.45, 2.75) is 6.92 Å². The number of nitrogens with zero attached hydrogens (tertiary/aromatic N) is 1. The second-order valence-electron chi connectivity index (χ2n) is 5.63. The van der Waals surface area contributed by atoms with E-state index in [1.165, 1.54) is 0 Å². The lowest BCUT2D eigenvalue weighted by Crippen LogP contribution is -2.08. The Morgan fingerprint density at radius 3 is 2.58 bits per heavy atom. The molecule has 0 radical (unpaired) electrons. The first-order valence-corrected chi connectivity index (χ1v) is 7.76. The van der Waals surface area contributed by atoms with E-state index in [2.05, 4.69) is 4.98 Å². The van der Waals surface area contributed by atoms with Crippen molar-refractivity contribution < 1.29 is 4.74 Å². The molecule has 0 spiro atoms. The molecule has 118 valence electrons. The largest absolute Gasteiger partial charge is 0.457 e. The lowest BCUT2D eigenvalue weighted by atomic mass is 10.1. The maximum absolute atomic E-state index is 12.1. The Hall–Kier alpha value is -3.27. The minimum atomic E-state index is -0.0947. The number of hydrogen-bond acceptors (Lipinski definition) is 2. The van der Waals surface area contributed by atoms with Gasteiger partial charge < -0.3 is 14.1 Å². The predicted molar refractivity (Wildman–Crippen MR) is 94.7 cm³/mol. The third-order valence-electron chi connectivity index (χ3n) is 4.01. The number of ether oxygens (including phenoxy) is 1. The molecule has 0 aliphatic carbocycles. The number of aryl methyl sites for hydroxylation is 1. The van der Waals surface area contributed by atoms with Crippen LogP contribution in [0, 0.1) is 6.92 Å². The van der Waals surface area contributed by atoms with Crippen LogP contribution in [0.4, 0.5) is 0 Å². The Balaban J connectivity index is 1.90. The zero-order valence-corrected chi connectivity index (χ0v) is 13.2. The van der Waals surface area contributed by atoms with E-state index in [1.54, 1.807) is 6.20 Å². The van der Waals surface area contributed by atoms with Crippen molar-refractivity contribution in [3.8, 4) is 22.8 Å². The molecule has 4 rings (SSSR count). The van der Waals surface area contributed by atoms with Crippen LogP contribution in [0.15, 0.2) is 77.9 Å². The average Bonchev–Trinajstić information content (AvgIpc) is 2.94. The average molecular weight is 316 g/mol. The van der Waals surface area contributed by atoms with Gasteiger partial charge in [-0.1, -0.05) is 30.3 Å². The second kappa shape index (κ2) is 5.74. The van der Waals surface area contributed by atoms with E-state index >= 15 is 0 Å². The van der Waals surface area contributed by atoms with E-state index in [0.29, 0.717) is 5.52 Å². The summed E-state index contributed by atoms with van der Waals surface area (Å²) in [5.41, 5.74) is 3.36. The highest BCUT2D eigenvalue weighted by Gasteiger charge is 2.14. The summed E-state index contributed by atoms with van der Waals surface area (Å²) in [7, 11) is 0. The number of hydrogen-bond donors (Lipinski definition) is 1. The molecule has 2 aromatic carbocycles. The third-order valence-corrected chi connectivity index (χ3v) is 4.01. The first kappa shape index (κ1) is 14.3. The Labute approximate surface area is 139 Å². The van der Waals surface area contributed by atoms with Gasteiger partial charge >= 0.3 is 0 Å². The summed E-state index contributed by atoms with van der Waals surface area (Å²) in [6.45, 7) is 1.94. The highest BCUT2D eigenvalue weighted by Crippen LogP contribution is 2.34. The Morgan fingerprint density at radius 2 is 1.75 bits per heavy atom. The molecule has 0 bridgehead atoms. The number of nitrogens with one attached hydrogen (secondary N) is 1. The number of rotatable bonds is 3. The van der Waals surface area contributed by atoms with Gasteiger partial charge in [-0.15, -0.1) is 0 Å². The summed E-state index contributed by atoms with van der Waals surface area (Å²) >= 11 is 0. The van der Waals surface area contributed by atoms with Crippen molar-refractivity contribution >= 4 is 5.52 Å². The van der Waals surface area contributed by atoms with Crippen molar-refractivity contribution in [3.63, 3.8) is 0 Å². The van der Waals surface area contributed by atoms with Gasteiger partial charge in [-0.05, 0) is 42.8 Å². The van der Waals surface area contributed by atoms with Crippen LogP contribution in [0.3, 0.4) is 0 Å². The van der Waals surface area contributed by atoms with Crippen molar-refractivity contribution in [1.29, 1.82) is 0 Å². The van der Waals surface area contributed by atoms with Crippen molar-refractivity contribution in [1.82, 2.24) is 9.38 Å². The fraction of sp³-hybridized carbons (Fsp3) is 0.0500. The summed E-state index contributed by atoms with van der Waals surface area (Å²) in [5.74, 6) is 1.53. The van der Waals surface area contributed by atoms with Gasteiger partial charge in [0.25, 0.3) is 5.56 Å². The molecule has 0 saturated carbocycles. The van der Waals surface area contributed by atoms with Crippen LogP contribution in [0.25, 0.3) is 16.8 Å². The topological polar surface area (TPSA) is 46.5 Å². The number of para-hydroxylation sites is 2. The van der Waals surface area contributed by atoms with Crippen LogP contribution >= 0.6 is 0 Å². The highest BCUT2D eigenvalue weighted by atomic mass is 16.5. The maximum atomic E-state index is 12.1. The molecule has 0 amide bonds. The normalized spacial score (nSPS) is 10.9. The van der Waals surface area contributed by atoms with Gasteiger partial charge in [0.15, 0.2) is 0 Å². The number of aromatic nitrogens is 2. The van der Waals surface area contributed by atoms with Crippen LogP contribution in [0.1, 0.15) is 5.56 Å². The molecule has 4 aromatic rings. The van der Waals surface area contributed by atoms with Crippen LogP contribution in [-0.4, -0.2) is 9.38 Å². The summed E-state index contributed by atoms with van der Waals surface area (Å²) in [6, 6.07) is 19.5. The molecule has 0 aliphatic rings. The van der Waals surface area contributed by atoms with E-state index in [-0.39, 0.29) is 5.56 Å². The molecule has 4 nitrogen and oxygen atoms in total. The van der Waals surface area contributed by atoms with Gasteiger partial charge in [-0.25, -0.2) is 0 Å². The molecule has 2 heterocycles. The standard InChI is InChI=1S/C20H16N2O2/c1-14-13-17(22-12-11-21-20(23)19(14)22)16-9-5-6-10-18(16)24-15-7-3-2-4-8-15/h2-13H,1H3,(H,21,23). The molecule has 0 fully saturated rings. The van der Waals surface area contributed by atoms with Gasteiger partial charge in [-0.2, -0.15) is 0 Å². The minimum Gasteiger partial charge on any atom is -0.457 e. The maximum Gasteiger partial charge on any atom is 0.272 e. The predicted octanol–water partition coefficient (Wildman–Crippen LogP) is 4.40. The molecular weight excluding hydrogens is 300 g/mol. The first-order valence-electron chi connectivity index (χ1n) is 7.76. The lowest BCUT2D eigenvalue weighted by molar-refractivity contribution is 0.484. The van der Waals surface area contributed by atoms with E-state index < -0.39 is 0 Å². The molecule has 1 N–H and O–H groups in total. The Morgan fingerprint density at radius 1 is 1.00 bits per heavy atom. The van der Waals surface area contributed by atoms with Gasteiger partial charge in [0.1, 0.15) is 17.0 Å². The van der Waals surface area contributed by atoms with Crippen LogP contribution < -0.4 is 10.3 Å². The molecule has 4 heteroatoms. The van der Waals surface area contributed by atoms with E-state index in [0.717, 1.165) is 28.3 Å². The fourth-order valence-electron chi connectivity index (χ4n) is 2.94. The molecule has 2 aromatic heterocycles. The zero-order chi connectivity index (χ0) is 16.5. The third kappa shape index (κ3) is 2.38. The molecular formula is C20H16N2O2. The summed E-state index contributed by atoms with van der Waals surface area (Å²) < 4.78 is 7.96. The second-order valence-corrected chi connectivity index (χ2v) is 5.63. The van der Waals surface area contributed by atoms with Crippen molar-refractivity contribution in [3.05, 3.63) is 89.0 Å². The SMILES string of the molecule is Cc1cc(-c2ccccc2Oc2ccccc2)n2cc[nH]c(=O)c12. The van der Waals surface area contributed by atoms with E-state index in [9.17, 15) is 4.79 Å². The van der Waals surface area contributed by atoms with Gasteiger partial charge in [0.2, 0.25) is 0 Å². The Bertz CT molecular complexity index is 1060. The number of aromatic amines is 1. The summed E-state index contributed by atoms with van der Waals surface area (Å²) in [4.78, 5) is 14.8. The number of fused-ring (bicyclic) bond motifs is 1. The first-order chi connectivity index (χ1) is 11.7. The van der Waals surface area contributed by atoms with Gasteiger partial charge in [0.05, 0.1) is 5.69 Å². The minimum absolute atomic E-state index is 0.0947. The number of H-pyrrole nitrogens is 1. The highest BCUT2D eigenvalue weighted by molar-refractivity contribution is 5.74. The van der Waals surface area contributed by atoms with Crippen LogP contribution in [0.5, 0.6) is 11.5 Å². The molecule has 24 heavy (non-hydrogen) atoms. The van der Waals surface area contributed by atoms with E-state index in [4.69, 9.17) is 4.74 Å². The van der Waals surface area contributed by atoms with Crippen molar-refractivity contribution in [2.75, 3.05) is 0 Å². The van der Waals surface area contributed by atoms with E-state index in [1.807, 2.05) is 78.2 Å². The zero-order valence-electron chi connectivity index (χ0n) is 13.2. The van der Waals surface area contributed by atoms with Gasteiger partial charge in [-0.3, -0.25) is 4.79 Å². The van der Waals surface area contributed by atoms with Crippen LogP contribution in [0.2, 0.25) is 0 Å². The molecule has 0 unspecified atom stereocenters. The van der Waals surface area contributed by atoms with Crippen molar-refractivity contribution in [2.24, 2.45) is 0 Å². The lowest BCUT2D eigenvalue weighted by Gasteiger charge is -2.11. The smallest absolute Gasteiger partial charge is 0.272 e. The Kier molecular flexibility index (Phi) is 3.43. The van der Waals surface area contributed by atoms with Crippen LogP contribution in [-0.2, 0) is 0 Å². The molecule has 0 atom stereocenters. The summed E-state index contributed by atoms with van der Waals surface area (Å²) in [5, 5.41) is 0. The van der Waals surface area contributed by atoms with Gasteiger partial charge in [0, 0.05) is 18.0 Å². The molecule has 0 aliphatic heterocycles. The fourth-order valence-corrected chi connectivity index (χ4v) is 2.94. The monoisotopic (exact) mass is 316 g/mol. The summed E-state index contributed by atoms with van der Waals surface area (Å²) in [6.07, 6.45) is 3.51.